The van der Waals surface area contributed by atoms with Gasteiger partial charge in [-0.05, 0) is 67.6 Å². The number of nitrogens with two attached hydrogens (primary N) is 1. The second-order valence-electron chi connectivity index (χ2n) is 9.60. The number of rotatable bonds is 7. The summed E-state index contributed by atoms with van der Waals surface area (Å²) in [6.45, 7) is 3.35. The summed E-state index contributed by atoms with van der Waals surface area (Å²) in [4.78, 5) is 43.7. The number of ketones is 1. The number of carbonyl (C=O) groups excluding carboxylic acids is 3. The molecule has 2 N–H and O–H groups in total. The van der Waals surface area contributed by atoms with Gasteiger partial charge in [-0.3, -0.25) is 14.5 Å². The van der Waals surface area contributed by atoms with E-state index in [9.17, 15) is 23.2 Å². The normalized spacial score (nSPS) is 20.6. The highest BCUT2D eigenvalue weighted by Crippen LogP contribution is 2.52. The fourth-order valence-electron chi connectivity index (χ4n) is 5.64. The van der Waals surface area contributed by atoms with Gasteiger partial charge in [-0.25, -0.2) is 13.6 Å². The average Bonchev–Trinajstić information content (AvgIpc) is 3.47. The Labute approximate surface area is 239 Å². The van der Waals surface area contributed by atoms with Gasteiger partial charge < -0.3 is 15.2 Å². The molecule has 0 amide bonds. The van der Waals surface area contributed by atoms with E-state index in [4.69, 9.17) is 15.2 Å². The van der Waals surface area contributed by atoms with Crippen LogP contribution in [0.2, 0.25) is 0 Å². The SMILES string of the molecule is CCOC(=O)C1=C(N)N(c2cccc(F)c2)C2=C(C(=O)[C@H](C(=O)OCC)[C@@H](c3cccs3)C2)[C@H]1c1cccc(F)c1. The second kappa shape index (κ2) is 11.7. The fourth-order valence-corrected chi connectivity index (χ4v) is 6.50. The highest BCUT2D eigenvalue weighted by molar-refractivity contribution is 7.10. The van der Waals surface area contributed by atoms with Crippen LogP contribution >= 0.6 is 11.3 Å². The number of halogens is 2. The van der Waals surface area contributed by atoms with E-state index in [2.05, 4.69) is 0 Å². The molecule has 0 radical (unpaired) electrons. The van der Waals surface area contributed by atoms with Crippen LogP contribution in [-0.4, -0.2) is 30.9 Å². The van der Waals surface area contributed by atoms with Crippen molar-refractivity contribution in [2.45, 2.75) is 32.1 Å². The number of ether oxygens (including phenoxy) is 2. The van der Waals surface area contributed by atoms with Crippen molar-refractivity contribution in [3.05, 3.63) is 111 Å². The predicted molar refractivity (Wildman–Crippen MR) is 150 cm³/mol. The smallest absolute Gasteiger partial charge is 0.338 e. The molecule has 1 aliphatic carbocycles. The minimum atomic E-state index is -1.22. The van der Waals surface area contributed by atoms with Gasteiger partial charge >= 0.3 is 11.9 Å². The van der Waals surface area contributed by atoms with Gasteiger partial charge in [0.25, 0.3) is 0 Å². The van der Waals surface area contributed by atoms with Crippen molar-refractivity contribution in [1.29, 1.82) is 0 Å². The van der Waals surface area contributed by atoms with Crippen molar-refractivity contribution >= 4 is 34.7 Å². The molecule has 2 heterocycles. The zero-order valence-corrected chi connectivity index (χ0v) is 23.3. The monoisotopic (exact) mass is 578 g/mol. The van der Waals surface area contributed by atoms with Crippen molar-refractivity contribution < 1.29 is 32.6 Å². The summed E-state index contributed by atoms with van der Waals surface area (Å²) in [6.07, 6.45) is 0.143. The lowest BCUT2D eigenvalue weighted by Gasteiger charge is -2.43. The zero-order valence-electron chi connectivity index (χ0n) is 22.4. The molecule has 0 saturated heterocycles. The Kier molecular flexibility index (Phi) is 8.03. The summed E-state index contributed by atoms with van der Waals surface area (Å²) < 4.78 is 39.8. The Morgan fingerprint density at radius 2 is 1.71 bits per heavy atom. The summed E-state index contributed by atoms with van der Waals surface area (Å²) in [6, 6.07) is 14.8. The quantitative estimate of drug-likeness (QED) is 0.290. The maximum Gasteiger partial charge on any atom is 0.338 e. The molecule has 0 saturated carbocycles. The molecule has 212 valence electrons. The third-order valence-electron chi connectivity index (χ3n) is 7.23. The highest BCUT2D eigenvalue weighted by Gasteiger charge is 2.51. The number of anilines is 1. The van der Waals surface area contributed by atoms with Gasteiger partial charge in [-0.2, -0.15) is 0 Å². The fraction of sp³-hybridized carbons (Fsp3) is 0.258. The van der Waals surface area contributed by atoms with Gasteiger partial charge in [0.15, 0.2) is 5.78 Å². The summed E-state index contributed by atoms with van der Waals surface area (Å²) >= 11 is 1.39. The Bertz CT molecular complexity index is 1570. The Hall–Kier alpha value is -4.31. The van der Waals surface area contributed by atoms with Gasteiger partial charge in [0.1, 0.15) is 23.4 Å². The van der Waals surface area contributed by atoms with Crippen molar-refractivity contribution in [2.75, 3.05) is 18.1 Å². The zero-order chi connectivity index (χ0) is 29.3. The van der Waals surface area contributed by atoms with E-state index in [1.807, 2.05) is 17.5 Å². The standard InChI is InChI=1S/C31H28F2N2O5S/c1-3-39-30(37)25-21(23-12-7-13-41-23)16-22-26(28(25)36)24(17-8-5-9-18(32)14-17)27(31(38)40-4-2)29(34)35(22)20-11-6-10-19(33)15-20/h5-15,21,24-25H,3-4,16,34H2,1-2H3/t21-,24-,25-/m1/s1. The van der Waals surface area contributed by atoms with Gasteiger partial charge in [-0.15, -0.1) is 11.3 Å². The number of carbonyl (C=O) groups is 3. The lowest BCUT2D eigenvalue weighted by molar-refractivity contribution is -0.152. The summed E-state index contributed by atoms with van der Waals surface area (Å²) in [7, 11) is 0. The van der Waals surface area contributed by atoms with Crippen LogP contribution in [0.15, 0.2) is 88.7 Å². The minimum Gasteiger partial charge on any atom is -0.465 e. The first-order valence-electron chi connectivity index (χ1n) is 13.2. The van der Waals surface area contributed by atoms with Crippen LogP contribution in [0.4, 0.5) is 14.5 Å². The molecule has 3 atom stereocenters. The molecular weight excluding hydrogens is 550 g/mol. The molecule has 2 aliphatic rings. The molecule has 10 heteroatoms. The molecule has 7 nitrogen and oxygen atoms in total. The number of hydrogen-bond acceptors (Lipinski definition) is 8. The largest absolute Gasteiger partial charge is 0.465 e. The molecule has 0 spiro atoms. The van der Waals surface area contributed by atoms with Crippen molar-refractivity contribution in [1.82, 2.24) is 0 Å². The van der Waals surface area contributed by atoms with E-state index in [0.29, 0.717) is 5.70 Å². The molecule has 0 unspecified atom stereocenters. The third-order valence-corrected chi connectivity index (χ3v) is 8.24. The van der Waals surface area contributed by atoms with E-state index < -0.39 is 47.1 Å². The van der Waals surface area contributed by atoms with E-state index in [1.54, 1.807) is 26.0 Å². The molecule has 0 fully saturated rings. The molecule has 5 rings (SSSR count). The van der Waals surface area contributed by atoms with Crippen LogP contribution in [0.5, 0.6) is 0 Å². The van der Waals surface area contributed by atoms with E-state index in [0.717, 1.165) is 4.88 Å². The van der Waals surface area contributed by atoms with E-state index in [-0.39, 0.29) is 47.9 Å². The Balaban J connectivity index is 1.82. The van der Waals surface area contributed by atoms with Crippen molar-refractivity contribution in [3.63, 3.8) is 0 Å². The maximum atomic E-state index is 14.6. The molecular formula is C31H28F2N2O5S. The van der Waals surface area contributed by atoms with Crippen LogP contribution in [0.25, 0.3) is 0 Å². The first-order chi connectivity index (χ1) is 19.8. The third kappa shape index (κ3) is 5.15. The summed E-state index contributed by atoms with van der Waals surface area (Å²) in [5, 5.41) is 1.85. The number of nitrogens with zero attached hydrogens (tertiary/aromatic N) is 1. The van der Waals surface area contributed by atoms with E-state index >= 15 is 0 Å². The number of allylic oxidation sites excluding steroid dienone is 2. The highest BCUT2D eigenvalue weighted by atomic mass is 32.1. The second-order valence-corrected chi connectivity index (χ2v) is 10.6. The van der Waals surface area contributed by atoms with Crippen LogP contribution in [0.1, 0.15) is 42.5 Å². The van der Waals surface area contributed by atoms with Crippen LogP contribution in [0, 0.1) is 17.6 Å². The van der Waals surface area contributed by atoms with Crippen LogP contribution in [-0.2, 0) is 23.9 Å². The number of esters is 2. The lowest BCUT2D eigenvalue weighted by atomic mass is 9.68. The number of benzene rings is 2. The van der Waals surface area contributed by atoms with Crippen LogP contribution < -0.4 is 10.6 Å². The van der Waals surface area contributed by atoms with Crippen molar-refractivity contribution in [3.8, 4) is 0 Å². The molecule has 1 aliphatic heterocycles. The molecule has 2 aromatic carbocycles. The number of Topliss-reactive ketones (excluding diaryl/α,β-unsaturated/α-hetero) is 1. The molecule has 41 heavy (non-hydrogen) atoms. The van der Waals surface area contributed by atoms with Crippen molar-refractivity contribution in [2.24, 2.45) is 11.7 Å². The van der Waals surface area contributed by atoms with Gasteiger partial charge in [0.05, 0.1) is 30.4 Å². The predicted octanol–water partition coefficient (Wildman–Crippen LogP) is 5.55. The Morgan fingerprint density at radius 3 is 2.34 bits per heavy atom. The number of hydrogen-bond donors (Lipinski definition) is 1. The van der Waals surface area contributed by atoms with Crippen LogP contribution in [0.3, 0.4) is 0 Å². The van der Waals surface area contributed by atoms with Gasteiger partial charge in [0, 0.05) is 22.1 Å². The van der Waals surface area contributed by atoms with Gasteiger partial charge in [-0.1, -0.05) is 24.3 Å². The Morgan fingerprint density at radius 1 is 1.00 bits per heavy atom. The summed E-state index contributed by atoms with van der Waals surface area (Å²) in [5.41, 5.74) is 7.65. The first-order valence-corrected chi connectivity index (χ1v) is 14.1. The molecule has 0 bridgehead atoms. The average molecular weight is 579 g/mol. The van der Waals surface area contributed by atoms with E-state index in [1.165, 1.54) is 52.6 Å². The lowest BCUT2D eigenvalue weighted by Crippen LogP contribution is -2.46. The summed E-state index contributed by atoms with van der Waals surface area (Å²) in [5.74, 6) is -6.27. The maximum absolute atomic E-state index is 14.6. The molecule has 3 aromatic rings. The minimum absolute atomic E-state index is 0.0111. The first kappa shape index (κ1) is 28.2. The van der Waals surface area contributed by atoms with Gasteiger partial charge in [0.2, 0.25) is 0 Å². The topological polar surface area (TPSA) is 98.9 Å². The number of thiophene rings is 1. The molecule has 1 aromatic heterocycles.